The third-order valence-corrected chi connectivity index (χ3v) is 2.15. The summed E-state index contributed by atoms with van der Waals surface area (Å²) in [5, 5.41) is 8.81. The molecule has 1 rings (SSSR count). The molecule has 15 heavy (non-hydrogen) atoms. The molecule has 0 fully saturated rings. The number of hydrogen-bond acceptors (Lipinski definition) is 4. The molecule has 80 valence electrons. The van der Waals surface area contributed by atoms with Gasteiger partial charge in [0.2, 0.25) is 0 Å². The number of carboxylic acid groups (broad SMARTS) is 1. The van der Waals surface area contributed by atoms with E-state index < -0.39 is 11.9 Å². The Bertz CT molecular complexity index is 426. The van der Waals surface area contributed by atoms with E-state index in [1.165, 1.54) is 19.2 Å². The Hall–Kier alpha value is -2.04. The van der Waals surface area contributed by atoms with Crippen molar-refractivity contribution in [3.63, 3.8) is 0 Å². The topological polar surface area (TPSA) is 89.6 Å². The summed E-state index contributed by atoms with van der Waals surface area (Å²) in [5.41, 5.74) is 6.40. The highest BCUT2D eigenvalue weighted by Gasteiger charge is 2.16. The molecule has 1 aromatic rings. The summed E-state index contributed by atoms with van der Waals surface area (Å²) in [6.45, 7) is 1.55. The van der Waals surface area contributed by atoms with Gasteiger partial charge in [-0.3, -0.25) is 0 Å². The van der Waals surface area contributed by atoms with Gasteiger partial charge in [0.05, 0.1) is 18.2 Å². The van der Waals surface area contributed by atoms with Crippen LogP contribution < -0.4 is 5.73 Å². The number of esters is 1. The molecule has 0 saturated heterocycles. The number of ether oxygens (including phenoxy) is 1. The second-order valence-corrected chi connectivity index (χ2v) is 3.00. The minimum absolute atomic E-state index is 0.0835. The van der Waals surface area contributed by atoms with Crippen LogP contribution in [0.5, 0.6) is 0 Å². The van der Waals surface area contributed by atoms with Crippen molar-refractivity contribution in [2.45, 2.75) is 6.92 Å². The van der Waals surface area contributed by atoms with Crippen LogP contribution in [0.15, 0.2) is 12.1 Å². The maximum Gasteiger partial charge on any atom is 0.339 e. The van der Waals surface area contributed by atoms with Crippen LogP contribution in [-0.2, 0) is 4.74 Å². The van der Waals surface area contributed by atoms with Crippen molar-refractivity contribution < 1.29 is 19.4 Å². The Balaban J connectivity index is 3.33. The number of carboxylic acids is 1. The number of carbonyl (C=O) groups is 2. The molecule has 0 spiro atoms. The molecule has 0 saturated carbocycles. The highest BCUT2D eigenvalue weighted by molar-refractivity contribution is 5.99. The molecule has 0 radical (unpaired) electrons. The standard InChI is InChI=1S/C10H11NO4/c1-5-6(9(12)13)3-4-7(8(5)11)10(14)15-2/h3-4H,11H2,1-2H3,(H,12,13). The SMILES string of the molecule is COC(=O)c1ccc(C(=O)O)c(C)c1N. The van der Waals surface area contributed by atoms with E-state index >= 15 is 0 Å². The van der Waals surface area contributed by atoms with E-state index in [4.69, 9.17) is 10.8 Å². The molecule has 0 heterocycles. The Kier molecular flexibility index (Phi) is 2.94. The number of carbonyl (C=O) groups excluding carboxylic acids is 1. The van der Waals surface area contributed by atoms with Crippen LogP contribution in [0.25, 0.3) is 0 Å². The number of anilines is 1. The minimum atomic E-state index is -1.07. The first-order chi connectivity index (χ1) is 6.99. The van der Waals surface area contributed by atoms with E-state index in [9.17, 15) is 9.59 Å². The van der Waals surface area contributed by atoms with Gasteiger partial charge in [0.15, 0.2) is 0 Å². The number of nitrogens with two attached hydrogens (primary N) is 1. The van der Waals surface area contributed by atoms with Crippen molar-refractivity contribution in [2.24, 2.45) is 0 Å². The first-order valence-electron chi connectivity index (χ1n) is 4.19. The molecule has 0 amide bonds. The monoisotopic (exact) mass is 209 g/mol. The maximum atomic E-state index is 11.2. The largest absolute Gasteiger partial charge is 0.478 e. The molecule has 0 bridgehead atoms. The smallest absolute Gasteiger partial charge is 0.339 e. The van der Waals surface area contributed by atoms with Crippen LogP contribution >= 0.6 is 0 Å². The molecule has 3 N–H and O–H groups in total. The Labute approximate surface area is 86.5 Å². The number of nitrogen functional groups attached to an aromatic ring is 1. The van der Waals surface area contributed by atoms with Gasteiger partial charge in [-0.2, -0.15) is 0 Å². The van der Waals surface area contributed by atoms with E-state index in [1.807, 2.05) is 0 Å². The van der Waals surface area contributed by atoms with E-state index in [0.717, 1.165) is 0 Å². The summed E-state index contributed by atoms with van der Waals surface area (Å²) >= 11 is 0. The first-order valence-corrected chi connectivity index (χ1v) is 4.19. The summed E-state index contributed by atoms with van der Waals surface area (Å²) in [5.74, 6) is -1.65. The lowest BCUT2D eigenvalue weighted by Gasteiger charge is -2.08. The predicted octanol–water partition coefficient (Wildman–Crippen LogP) is 1.06. The van der Waals surface area contributed by atoms with E-state index in [0.29, 0.717) is 5.56 Å². The second-order valence-electron chi connectivity index (χ2n) is 3.00. The third kappa shape index (κ3) is 1.90. The predicted molar refractivity (Wildman–Crippen MR) is 53.9 cm³/mol. The Morgan fingerprint density at radius 2 is 1.87 bits per heavy atom. The van der Waals surface area contributed by atoms with Crippen molar-refractivity contribution >= 4 is 17.6 Å². The molecule has 0 aliphatic heterocycles. The van der Waals surface area contributed by atoms with Gasteiger partial charge in [-0.1, -0.05) is 0 Å². The molecule has 0 atom stereocenters. The van der Waals surface area contributed by atoms with Crippen LogP contribution in [0, 0.1) is 6.92 Å². The third-order valence-electron chi connectivity index (χ3n) is 2.15. The Morgan fingerprint density at radius 1 is 1.33 bits per heavy atom. The second kappa shape index (κ2) is 4.00. The van der Waals surface area contributed by atoms with Gasteiger partial charge in [-0.25, -0.2) is 9.59 Å². The van der Waals surface area contributed by atoms with Gasteiger partial charge >= 0.3 is 11.9 Å². The van der Waals surface area contributed by atoms with Gasteiger partial charge in [-0.05, 0) is 24.6 Å². The first kappa shape index (κ1) is 11.0. The Morgan fingerprint density at radius 3 is 2.33 bits per heavy atom. The molecule has 0 aliphatic rings. The zero-order valence-corrected chi connectivity index (χ0v) is 8.40. The van der Waals surface area contributed by atoms with Crippen molar-refractivity contribution in [1.29, 1.82) is 0 Å². The number of aromatic carboxylic acids is 1. The van der Waals surface area contributed by atoms with Gasteiger partial charge in [0.25, 0.3) is 0 Å². The van der Waals surface area contributed by atoms with E-state index in [1.54, 1.807) is 6.92 Å². The molecular formula is C10H11NO4. The fraction of sp³-hybridized carbons (Fsp3) is 0.200. The van der Waals surface area contributed by atoms with Crippen LogP contribution in [0.2, 0.25) is 0 Å². The van der Waals surface area contributed by atoms with Crippen LogP contribution in [-0.4, -0.2) is 24.2 Å². The summed E-state index contributed by atoms with van der Waals surface area (Å²) in [4.78, 5) is 22.0. The van der Waals surface area contributed by atoms with Crippen LogP contribution in [0.1, 0.15) is 26.3 Å². The number of hydrogen-bond donors (Lipinski definition) is 2. The van der Waals surface area contributed by atoms with Crippen molar-refractivity contribution in [1.82, 2.24) is 0 Å². The maximum absolute atomic E-state index is 11.2. The number of benzene rings is 1. The van der Waals surface area contributed by atoms with E-state index in [2.05, 4.69) is 4.74 Å². The summed E-state index contributed by atoms with van der Waals surface area (Å²) in [6.07, 6.45) is 0. The summed E-state index contributed by atoms with van der Waals surface area (Å²) < 4.78 is 4.51. The lowest BCUT2D eigenvalue weighted by Crippen LogP contribution is -2.10. The summed E-state index contributed by atoms with van der Waals surface area (Å²) in [7, 11) is 1.24. The van der Waals surface area contributed by atoms with Gasteiger partial charge in [-0.15, -0.1) is 0 Å². The van der Waals surface area contributed by atoms with Crippen LogP contribution in [0.4, 0.5) is 5.69 Å². The molecule has 0 aliphatic carbocycles. The fourth-order valence-corrected chi connectivity index (χ4v) is 1.25. The van der Waals surface area contributed by atoms with Gasteiger partial charge in [0.1, 0.15) is 0 Å². The lowest BCUT2D eigenvalue weighted by molar-refractivity contribution is 0.0599. The average Bonchev–Trinajstić information content (AvgIpc) is 2.20. The normalized spacial score (nSPS) is 9.73. The van der Waals surface area contributed by atoms with Crippen molar-refractivity contribution in [3.05, 3.63) is 28.8 Å². The molecular weight excluding hydrogens is 198 g/mol. The minimum Gasteiger partial charge on any atom is -0.478 e. The lowest BCUT2D eigenvalue weighted by atomic mass is 10.0. The highest BCUT2D eigenvalue weighted by atomic mass is 16.5. The van der Waals surface area contributed by atoms with Crippen LogP contribution in [0.3, 0.4) is 0 Å². The zero-order chi connectivity index (χ0) is 11.6. The van der Waals surface area contributed by atoms with Gasteiger partial charge < -0.3 is 15.6 Å². The van der Waals surface area contributed by atoms with Gasteiger partial charge in [0, 0.05) is 5.69 Å². The number of methoxy groups -OCH3 is 1. The van der Waals surface area contributed by atoms with E-state index in [-0.39, 0.29) is 16.8 Å². The average molecular weight is 209 g/mol. The molecule has 0 unspecified atom stereocenters. The van der Waals surface area contributed by atoms with Crippen molar-refractivity contribution in [2.75, 3.05) is 12.8 Å². The zero-order valence-electron chi connectivity index (χ0n) is 8.40. The molecule has 0 aromatic heterocycles. The molecule has 5 nitrogen and oxygen atoms in total. The molecule has 1 aromatic carbocycles. The fourth-order valence-electron chi connectivity index (χ4n) is 1.25. The van der Waals surface area contributed by atoms with Crippen molar-refractivity contribution in [3.8, 4) is 0 Å². The number of rotatable bonds is 2. The summed E-state index contributed by atoms with van der Waals surface area (Å²) in [6, 6.07) is 2.68. The molecule has 5 heteroatoms. The quantitative estimate of drug-likeness (QED) is 0.561. The highest BCUT2D eigenvalue weighted by Crippen LogP contribution is 2.21.